The second kappa shape index (κ2) is 8.59. The Hall–Kier alpha value is -3.00. The third-order valence-electron chi connectivity index (χ3n) is 4.05. The maximum Gasteiger partial charge on any atom is 0.321 e. The summed E-state index contributed by atoms with van der Waals surface area (Å²) in [5.41, 5.74) is 0.769. The third kappa shape index (κ3) is 4.79. The Kier molecular flexibility index (Phi) is 5.97. The number of hydrogen-bond acceptors (Lipinski definition) is 5. The lowest BCUT2D eigenvalue weighted by atomic mass is 10.2. The van der Waals surface area contributed by atoms with Gasteiger partial charge in [0.05, 0.1) is 11.7 Å². The molecule has 0 saturated carbocycles. The lowest BCUT2D eigenvalue weighted by Crippen LogP contribution is -2.39. The summed E-state index contributed by atoms with van der Waals surface area (Å²) in [6.45, 7) is 2.52. The summed E-state index contributed by atoms with van der Waals surface area (Å²) in [5, 5.41) is 5.46. The van der Waals surface area contributed by atoms with Gasteiger partial charge in [0, 0.05) is 24.4 Å². The van der Waals surface area contributed by atoms with Crippen LogP contribution in [0, 0.1) is 0 Å². The number of thiophene rings is 1. The zero-order valence-corrected chi connectivity index (χ0v) is 15.7. The van der Waals surface area contributed by atoms with Gasteiger partial charge < -0.3 is 5.32 Å². The standard InChI is InChI=1S/C19H20N4O3S/c1-2-14-10-15-17(27-14)21-12-23(18(15)25)9-8-16(24)22-19(26)20-11-13-6-4-3-5-7-13/h3-7,10,12H,2,8-9,11H2,1H3,(H2,20,22,24,26). The Morgan fingerprint density at radius 1 is 1.22 bits per heavy atom. The van der Waals surface area contributed by atoms with Crippen LogP contribution in [0.2, 0.25) is 0 Å². The Bertz CT molecular complexity index is 1010. The predicted octanol–water partition coefficient (Wildman–Crippen LogP) is 2.44. The number of imide groups is 1. The van der Waals surface area contributed by atoms with Crippen molar-refractivity contribution in [3.8, 4) is 0 Å². The molecule has 0 bridgehead atoms. The molecule has 0 saturated heterocycles. The molecule has 0 aliphatic rings. The van der Waals surface area contributed by atoms with E-state index in [-0.39, 0.29) is 18.5 Å². The number of nitrogens with zero attached hydrogens (tertiary/aromatic N) is 2. The SMILES string of the molecule is CCc1cc2c(=O)n(CCC(=O)NC(=O)NCc3ccccc3)cnc2s1. The summed E-state index contributed by atoms with van der Waals surface area (Å²) in [6, 6.07) is 10.7. The van der Waals surface area contributed by atoms with E-state index < -0.39 is 11.9 Å². The quantitative estimate of drug-likeness (QED) is 0.683. The van der Waals surface area contributed by atoms with Gasteiger partial charge in [0.15, 0.2) is 0 Å². The molecule has 3 rings (SSSR count). The second-order valence-corrected chi connectivity index (χ2v) is 7.11. The molecule has 27 heavy (non-hydrogen) atoms. The Balaban J connectivity index is 1.53. The van der Waals surface area contributed by atoms with Gasteiger partial charge in [0.1, 0.15) is 4.83 Å². The van der Waals surface area contributed by atoms with Crippen molar-refractivity contribution in [3.05, 3.63) is 63.5 Å². The van der Waals surface area contributed by atoms with Gasteiger partial charge in [0.2, 0.25) is 5.91 Å². The van der Waals surface area contributed by atoms with E-state index in [9.17, 15) is 14.4 Å². The molecule has 2 heterocycles. The van der Waals surface area contributed by atoms with Gasteiger partial charge in [-0.1, -0.05) is 37.3 Å². The first-order valence-corrected chi connectivity index (χ1v) is 9.48. The van der Waals surface area contributed by atoms with E-state index in [1.165, 1.54) is 22.2 Å². The highest BCUT2D eigenvalue weighted by molar-refractivity contribution is 7.18. The average molecular weight is 384 g/mol. The summed E-state index contributed by atoms with van der Waals surface area (Å²) in [6.07, 6.45) is 2.31. The van der Waals surface area contributed by atoms with Gasteiger partial charge in [-0.15, -0.1) is 11.3 Å². The van der Waals surface area contributed by atoms with Crippen molar-refractivity contribution < 1.29 is 9.59 Å². The molecule has 0 aliphatic heterocycles. The van der Waals surface area contributed by atoms with Gasteiger partial charge in [-0.05, 0) is 18.1 Å². The van der Waals surface area contributed by atoms with Crippen LogP contribution in [0.15, 0.2) is 47.5 Å². The van der Waals surface area contributed by atoms with E-state index in [4.69, 9.17) is 0 Å². The molecule has 0 unspecified atom stereocenters. The van der Waals surface area contributed by atoms with Crippen molar-refractivity contribution in [3.63, 3.8) is 0 Å². The summed E-state index contributed by atoms with van der Waals surface area (Å²) in [7, 11) is 0. The number of carbonyl (C=O) groups excluding carboxylic acids is 2. The molecular weight excluding hydrogens is 364 g/mol. The lowest BCUT2D eigenvalue weighted by molar-refractivity contribution is -0.120. The van der Waals surface area contributed by atoms with Crippen LogP contribution in [0.3, 0.4) is 0 Å². The van der Waals surface area contributed by atoms with E-state index >= 15 is 0 Å². The fourth-order valence-corrected chi connectivity index (χ4v) is 3.50. The number of nitrogens with one attached hydrogen (secondary N) is 2. The topological polar surface area (TPSA) is 93.1 Å². The summed E-state index contributed by atoms with van der Waals surface area (Å²) in [5.74, 6) is -0.452. The van der Waals surface area contributed by atoms with Gasteiger partial charge in [-0.3, -0.25) is 19.5 Å². The number of urea groups is 1. The number of benzene rings is 1. The number of amides is 3. The van der Waals surface area contributed by atoms with Crippen LogP contribution >= 0.6 is 11.3 Å². The van der Waals surface area contributed by atoms with Crippen LogP contribution in [-0.2, 0) is 24.3 Å². The van der Waals surface area contributed by atoms with Crippen LogP contribution in [-0.4, -0.2) is 21.5 Å². The monoisotopic (exact) mass is 384 g/mol. The maximum atomic E-state index is 12.5. The Morgan fingerprint density at radius 3 is 2.74 bits per heavy atom. The highest BCUT2D eigenvalue weighted by Crippen LogP contribution is 2.20. The zero-order chi connectivity index (χ0) is 19.2. The smallest absolute Gasteiger partial charge is 0.321 e. The molecule has 3 aromatic rings. The number of aromatic nitrogens is 2. The highest BCUT2D eigenvalue weighted by Gasteiger charge is 2.11. The van der Waals surface area contributed by atoms with Gasteiger partial charge >= 0.3 is 6.03 Å². The minimum atomic E-state index is -0.560. The van der Waals surface area contributed by atoms with E-state index in [1.807, 2.05) is 43.3 Å². The zero-order valence-electron chi connectivity index (χ0n) is 14.9. The molecule has 2 aromatic heterocycles. The van der Waals surface area contributed by atoms with Crippen molar-refractivity contribution in [2.75, 3.05) is 0 Å². The van der Waals surface area contributed by atoms with E-state index in [1.54, 1.807) is 0 Å². The molecular formula is C19H20N4O3S. The maximum absolute atomic E-state index is 12.5. The molecule has 7 nitrogen and oxygen atoms in total. The number of carbonyl (C=O) groups is 2. The minimum absolute atomic E-state index is 0.0105. The normalized spacial score (nSPS) is 10.7. The third-order valence-corrected chi connectivity index (χ3v) is 5.23. The Morgan fingerprint density at radius 2 is 2.00 bits per heavy atom. The largest absolute Gasteiger partial charge is 0.334 e. The van der Waals surface area contributed by atoms with Gasteiger partial charge in [-0.25, -0.2) is 9.78 Å². The summed E-state index contributed by atoms with van der Waals surface area (Å²) >= 11 is 1.50. The molecule has 0 atom stereocenters. The van der Waals surface area contributed by atoms with E-state index in [2.05, 4.69) is 15.6 Å². The first-order chi connectivity index (χ1) is 13.1. The van der Waals surface area contributed by atoms with E-state index in [0.29, 0.717) is 16.8 Å². The lowest BCUT2D eigenvalue weighted by Gasteiger charge is -2.08. The molecule has 0 radical (unpaired) electrons. The molecule has 3 amide bonds. The molecule has 2 N–H and O–H groups in total. The Labute approximate surface area is 160 Å². The van der Waals surface area contributed by atoms with Crippen LogP contribution in [0.5, 0.6) is 0 Å². The number of rotatable bonds is 6. The minimum Gasteiger partial charge on any atom is -0.334 e. The van der Waals surface area contributed by atoms with Gasteiger partial charge in [0.25, 0.3) is 5.56 Å². The number of aryl methyl sites for hydroxylation is 2. The molecule has 140 valence electrons. The first-order valence-electron chi connectivity index (χ1n) is 8.66. The fraction of sp³-hybridized carbons (Fsp3) is 0.263. The van der Waals surface area contributed by atoms with Crippen LogP contribution in [0.1, 0.15) is 23.8 Å². The van der Waals surface area contributed by atoms with E-state index in [0.717, 1.165) is 16.9 Å². The highest BCUT2D eigenvalue weighted by atomic mass is 32.1. The predicted molar refractivity (Wildman–Crippen MR) is 105 cm³/mol. The van der Waals surface area contributed by atoms with Crippen molar-refractivity contribution in [1.82, 2.24) is 20.2 Å². The average Bonchev–Trinajstić information content (AvgIpc) is 3.11. The first kappa shape index (κ1) is 18.8. The summed E-state index contributed by atoms with van der Waals surface area (Å²) < 4.78 is 1.40. The van der Waals surface area contributed by atoms with Crippen molar-refractivity contribution in [2.45, 2.75) is 32.9 Å². The van der Waals surface area contributed by atoms with Crippen molar-refractivity contribution in [1.29, 1.82) is 0 Å². The molecule has 0 aliphatic carbocycles. The van der Waals surface area contributed by atoms with Crippen LogP contribution in [0.4, 0.5) is 4.79 Å². The summed E-state index contributed by atoms with van der Waals surface area (Å²) in [4.78, 5) is 42.3. The molecule has 0 spiro atoms. The molecule has 1 aromatic carbocycles. The van der Waals surface area contributed by atoms with Crippen LogP contribution < -0.4 is 16.2 Å². The fourth-order valence-electron chi connectivity index (χ4n) is 2.58. The van der Waals surface area contributed by atoms with Crippen LogP contribution in [0.25, 0.3) is 10.2 Å². The number of fused-ring (bicyclic) bond motifs is 1. The number of hydrogen-bond donors (Lipinski definition) is 2. The van der Waals surface area contributed by atoms with Gasteiger partial charge in [-0.2, -0.15) is 0 Å². The van der Waals surface area contributed by atoms with Crippen molar-refractivity contribution in [2.24, 2.45) is 0 Å². The second-order valence-electron chi connectivity index (χ2n) is 5.99. The van der Waals surface area contributed by atoms with Crippen molar-refractivity contribution >= 4 is 33.5 Å². The molecule has 8 heteroatoms. The molecule has 0 fully saturated rings.